The number of sulfonamides is 1. The quantitative estimate of drug-likeness (QED) is 0.0128. The first-order valence-corrected chi connectivity index (χ1v) is 30.0. The fourth-order valence-electron chi connectivity index (χ4n) is 7.75. The number of ether oxygens (including phenoxy) is 6. The second kappa shape index (κ2) is 27.6. The van der Waals surface area contributed by atoms with Gasteiger partial charge in [0.05, 0.1) is 12.0 Å². The average Bonchev–Trinajstić information content (AvgIpc) is 3.46. The third-order valence-corrected chi connectivity index (χ3v) is 19.4. The smallest absolute Gasteiger partial charge is 0.410 e. The molecule has 19 nitrogen and oxygen atoms in total. The Labute approximate surface area is 473 Å². The van der Waals surface area contributed by atoms with Crippen LogP contribution in [0.1, 0.15) is 61.6 Å². The predicted molar refractivity (Wildman–Crippen MR) is 304 cm³/mol. The third-order valence-electron chi connectivity index (χ3n) is 13.4. The first-order valence-electron chi connectivity index (χ1n) is 25.6. The number of benzene rings is 6. The zero-order valence-electron chi connectivity index (χ0n) is 46.3. The molecule has 2 N–H and O–H groups in total. The molecule has 0 heterocycles. The Morgan fingerprint density at radius 1 is 0.716 bits per heavy atom. The SMILES string of the molecule is C#C[C@@](C)(Oc1cc([C@@H](O[Si](C)(C)C(C)(C)C)[C@@H](C(=O)OCc2ccc(OC)cc2)N(C)C(=O)OCc2ccccc2)ccc1OCc1ccccc1)[C@H](NS(=O)(=O)c1ccccc1[N+](=O)[O-])C(=O)NCC(=O)OCc1ccccc1. The zero-order valence-corrected chi connectivity index (χ0v) is 48.1. The number of nitrogens with zero attached hydrogens (tertiary/aromatic N) is 2. The average molecular weight is 1140 g/mol. The summed E-state index contributed by atoms with van der Waals surface area (Å²) in [5.41, 5.74) is -0.397. The Bertz CT molecular complexity index is 3280. The minimum absolute atomic E-state index is 0.00499. The molecule has 6 rings (SSSR count). The van der Waals surface area contributed by atoms with E-state index in [0.29, 0.717) is 22.4 Å². The summed E-state index contributed by atoms with van der Waals surface area (Å²) < 4.78 is 73.8. The minimum atomic E-state index is -5.05. The van der Waals surface area contributed by atoms with Crippen molar-refractivity contribution in [3.63, 3.8) is 0 Å². The number of nitrogens with one attached hydrogen (secondary N) is 2. The van der Waals surface area contributed by atoms with Gasteiger partial charge in [0.1, 0.15) is 44.8 Å². The van der Waals surface area contributed by atoms with Crippen molar-refractivity contribution in [1.29, 1.82) is 0 Å². The molecule has 6 aromatic rings. The van der Waals surface area contributed by atoms with E-state index in [2.05, 4.69) is 16.0 Å². The fraction of sp³-hybridized carbons (Fsp3) is 0.300. The number of esters is 2. The third kappa shape index (κ3) is 16.7. The highest BCUT2D eigenvalue weighted by Gasteiger charge is 2.48. The Kier molecular flexibility index (Phi) is 21.0. The van der Waals surface area contributed by atoms with E-state index in [9.17, 15) is 37.7 Å². The highest BCUT2D eigenvalue weighted by atomic mass is 32.2. The molecule has 81 heavy (non-hydrogen) atoms. The van der Waals surface area contributed by atoms with Gasteiger partial charge in [-0.25, -0.2) is 18.0 Å². The molecule has 0 aromatic heterocycles. The molecule has 0 radical (unpaired) electrons. The fourth-order valence-corrected chi connectivity index (χ4v) is 10.4. The van der Waals surface area contributed by atoms with E-state index < -0.39 is 93.2 Å². The van der Waals surface area contributed by atoms with Gasteiger partial charge in [0, 0.05) is 13.1 Å². The summed E-state index contributed by atoms with van der Waals surface area (Å²) in [5.74, 6) is -0.241. The van der Waals surface area contributed by atoms with Crippen molar-refractivity contribution < 1.29 is 65.4 Å². The number of likely N-dealkylation sites (N-methyl/N-ethyl adjacent to an activating group) is 1. The molecule has 0 saturated carbocycles. The van der Waals surface area contributed by atoms with Gasteiger partial charge in [-0.3, -0.25) is 24.6 Å². The lowest BCUT2D eigenvalue weighted by molar-refractivity contribution is -0.387. The number of nitro benzene ring substituents is 1. The topological polar surface area (TPSA) is 237 Å². The number of amides is 2. The lowest BCUT2D eigenvalue weighted by Gasteiger charge is -2.42. The van der Waals surface area contributed by atoms with Crippen LogP contribution in [0, 0.1) is 22.5 Å². The number of carbonyl (C=O) groups is 4. The predicted octanol–water partition coefficient (Wildman–Crippen LogP) is 9.60. The van der Waals surface area contributed by atoms with Crippen molar-refractivity contribution in [2.24, 2.45) is 0 Å². The molecular weight excluding hydrogens is 1080 g/mol. The van der Waals surface area contributed by atoms with Gasteiger partial charge in [-0.1, -0.05) is 148 Å². The normalized spacial score (nSPS) is 13.4. The monoisotopic (exact) mass is 1140 g/mol. The standard InChI is InChI=1S/C60H66N4O15SSi/c1-10-60(5,55(62-80(71,72)51-29-21-20-28-48(51)64(69)70)56(66)61-37-52(65)75-39-43-24-16-12-17-25-43)78-50-36-46(32-35-49(50)74-38-42-22-14-11-15-23-42)54(79-81(8,9)59(2,3)4)53(57(67)76-40-45-30-33-47(73-7)34-31-45)63(6)58(68)77-41-44-26-18-13-19-27-44/h1,11-36,53-55,62H,37-41H2,2-9H3,(H,61,66)/t53-,54+,55+,60+/m0/s1. The number of terminal acetylenes is 1. The first-order chi connectivity index (χ1) is 38.4. The molecule has 2 amide bonds. The summed E-state index contributed by atoms with van der Waals surface area (Å²) in [6, 6.07) is 38.7. The number of para-hydroxylation sites is 1. The highest BCUT2D eigenvalue weighted by Crippen LogP contribution is 2.44. The summed E-state index contributed by atoms with van der Waals surface area (Å²) in [7, 11) is -5.17. The molecule has 0 bridgehead atoms. The number of nitro groups is 1. The van der Waals surface area contributed by atoms with Gasteiger partial charge >= 0.3 is 18.0 Å². The van der Waals surface area contributed by atoms with Crippen molar-refractivity contribution in [3.05, 3.63) is 196 Å². The van der Waals surface area contributed by atoms with E-state index in [4.69, 9.17) is 39.3 Å². The summed E-state index contributed by atoms with van der Waals surface area (Å²) in [6.07, 6.45) is 4.00. The molecule has 0 aliphatic carbocycles. The van der Waals surface area contributed by atoms with Crippen LogP contribution in [0.4, 0.5) is 10.5 Å². The van der Waals surface area contributed by atoms with Gasteiger partial charge in [0.25, 0.3) is 5.69 Å². The van der Waals surface area contributed by atoms with Crippen LogP contribution in [0.3, 0.4) is 0 Å². The molecule has 0 unspecified atom stereocenters. The Morgan fingerprint density at radius 3 is 1.80 bits per heavy atom. The number of hydrogen-bond donors (Lipinski definition) is 2. The van der Waals surface area contributed by atoms with Gasteiger partial charge < -0.3 is 38.2 Å². The van der Waals surface area contributed by atoms with E-state index in [0.717, 1.165) is 22.6 Å². The van der Waals surface area contributed by atoms with Crippen LogP contribution in [0.15, 0.2) is 163 Å². The van der Waals surface area contributed by atoms with E-state index in [1.165, 1.54) is 45.3 Å². The van der Waals surface area contributed by atoms with E-state index in [1.807, 2.05) is 46.0 Å². The van der Waals surface area contributed by atoms with Gasteiger partial charge in [-0.2, -0.15) is 4.72 Å². The van der Waals surface area contributed by atoms with Gasteiger partial charge in [0.2, 0.25) is 15.9 Å². The summed E-state index contributed by atoms with van der Waals surface area (Å²) >= 11 is 0. The highest BCUT2D eigenvalue weighted by molar-refractivity contribution is 7.89. The molecule has 0 aliphatic rings. The number of rotatable bonds is 26. The Hall–Kier alpha value is -8.55. The van der Waals surface area contributed by atoms with Gasteiger partial charge in [-0.05, 0) is 83.2 Å². The maximum Gasteiger partial charge on any atom is 0.410 e. The van der Waals surface area contributed by atoms with Crippen LogP contribution in [0.25, 0.3) is 0 Å². The number of hydrogen-bond acceptors (Lipinski definition) is 15. The number of methoxy groups -OCH3 is 1. The van der Waals surface area contributed by atoms with Crippen LogP contribution < -0.4 is 24.2 Å². The molecule has 21 heteroatoms. The molecule has 0 saturated heterocycles. The van der Waals surface area contributed by atoms with Crippen LogP contribution in [0.2, 0.25) is 18.1 Å². The first kappa shape index (κ1) is 61.7. The van der Waals surface area contributed by atoms with Crippen molar-refractivity contribution in [3.8, 4) is 29.6 Å². The summed E-state index contributed by atoms with van der Waals surface area (Å²) in [5, 5.41) is 14.1. The Balaban J connectivity index is 1.49. The Morgan fingerprint density at radius 2 is 1.25 bits per heavy atom. The molecular formula is C60H66N4O15SSi. The van der Waals surface area contributed by atoms with E-state index in [-0.39, 0.29) is 43.5 Å². The van der Waals surface area contributed by atoms with Crippen LogP contribution >= 0.6 is 0 Å². The molecule has 6 aromatic carbocycles. The van der Waals surface area contributed by atoms with Crippen LogP contribution in [-0.4, -0.2) is 88.9 Å². The summed E-state index contributed by atoms with van der Waals surface area (Å²) in [6.45, 7) is 9.70. The lowest BCUT2D eigenvalue weighted by atomic mass is 9.96. The molecule has 0 fully saturated rings. The molecule has 426 valence electrons. The largest absolute Gasteiger partial charge is 0.497 e. The van der Waals surface area contributed by atoms with E-state index in [1.54, 1.807) is 109 Å². The van der Waals surface area contributed by atoms with Crippen molar-refractivity contribution >= 4 is 48.0 Å². The van der Waals surface area contributed by atoms with Gasteiger partial charge in [0.15, 0.2) is 42.4 Å². The van der Waals surface area contributed by atoms with Crippen LogP contribution in [0.5, 0.6) is 17.2 Å². The number of carbonyl (C=O) groups excluding carboxylic acids is 4. The summed E-state index contributed by atoms with van der Waals surface area (Å²) in [4.78, 5) is 68.5. The van der Waals surface area contributed by atoms with E-state index >= 15 is 0 Å². The lowest BCUT2D eigenvalue weighted by Crippen LogP contribution is -2.61. The van der Waals surface area contributed by atoms with Gasteiger partial charge in [-0.15, -0.1) is 6.42 Å². The van der Waals surface area contributed by atoms with Crippen molar-refractivity contribution in [1.82, 2.24) is 14.9 Å². The molecule has 0 spiro atoms. The zero-order chi connectivity index (χ0) is 59.0. The van der Waals surface area contributed by atoms with Crippen LogP contribution in [-0.2, 0) is 69.5 Å². The van der Waals surface area contributed by atoms with Crippen molar-refractivity contribution in [2.75, 3.05) is 20.7 Å². The maximum absolute atomic E-state index is 15.0. The van der Waals surface area contributed by atoms with Crippen molar-refractivity contribution in [2.45, 2.75) is 101 Å². The molecule has 0 aliphatic heterocycles. The second-order valence-corrected chi connectivity index (χ2v) is 26.8. The minimum Gasteiger partial charge on any atom is -0.497 e. The molecule has 4 atom stereocenters. The second-order valence-electron chi connectivity index (χ2n) is 20.3. The maximum atomic E-state index is 15.0.